The molecule has 1 amide bonds. The highest BCUT2D eigenvalue weighted by Crippen LogP contribution is 2.05. The minimum Gasteiger partial charge on any atom is -0.382 e. The maximum atomic E-state index is 12.0. The van der Waals surface area contributed by atoms with Crippen LogP contribution in [-0.2, 0) is 20.8 Å². The molecule has 0 atom stereocenters. The zero-order valence-corrected chi connectivity index (χ0v) is 11.9. The molecular weight excluding hydrogens is 266 g/mol. The molecule has 0 saturated carbocycles. The quantitative estimate of drug-likeness (QED) is 0.514. The highest BCUT2D eigenvalue weighted by molar-refractivity contribution is 6.18. The van der Waals surface area contributed by atoms with Crippen molar-refractivity contribution in [2.45, 2.75) is 6.54 Å². The van der Waals surface area contributed by atoms with Crippen LogP contribution in [0.15, 0.2) is 30.3 Å². The Morgan fingerprint density at radius 2 is 2.00 bits per heavy atom. The minimum absolute atomic E-state index is 0.0550. The summed E-state index contributed by atoms with van der Waals surface area (Å²) in [5.74, 6) is 0.358. The predicted octanol–water partition coefficient (Wildman–Crippen LogP) is 1.92. The van der Waals surface area contributed by atoms with E-state index in [0.717, 1.165) is 5.56 Å². The standard InChI is InChI=1S/C14H20ClNO3/c1-18-9-10-19-12-14(17)16(8-7-15)11-13-5-3-2-4-6-13/h2-6H,7-12H2,1H3. The summed E-state index contributed by atoms with van der Waals surface area (Å²) < 4.78 is 10.1. The topological polar surface area (TPSA) is 38.8 Å². The first kappa shape index (κ1) is 16.0. The number of benzene rings is 1. The van der Waals surface area contributed by atoms with Crippen LogP contribution in [0.5, 0.6) is 0 Å². The van der Waals surface area contributed by atoms with Crippen molar-refractivity contribution < 1.29 is 14.3 Å². The van der Waals surface area contributed by atoms with E-state index in [0.29, 0.717) is 32.2 Å². The van der Waals surface area contributed by atoms with Crippen molar-refractivity contribution in [1.82, 2.24) is 4.90 Å². The second kappa shape index (κ2) is 9.78. The largest absolute Gasteiger partial charge is 0.382 e. The number of carbonyl (C=O) groups excluding carboxylic acids is 1. The molecule has 0 aliphatic carbocycles. The summed E-state index contributed by atoms with van der Waals surface area (Å²) in [6, 6.07) is 9.83. The molecule has 5 heteroatoms. The van der Waals surface area contributed by atoms with Gasteiger partial charge < -0.3 is 14.4 Å². The van der Waals surface area contributed by atoms with Crippen molar-refractivity contribution in [2.75, 3.05) is 39.4 Å². The minimum atomic E-state index is -0.0550. The van der Waals surface area contributed by atoms with Gasteiger partial charge >= 0.3 is 0 Å². The zero-order chi connectivity index (χ0) is 13.9. The number of amides is 1. The van der Waals surface area contributed by atoms with Crippen LogP contribution in [0.4, 0.5) is 0 Å². The Morgan fingerprint density at radius 3 is 2.63 bits per heavy atom. The summed E-state index contributed by atoms with van der Waals surface area (Å²) in [5.41, 5.74) is 1.08. The molecule has 0 spiro atoms. The summed E-state index contributed by atoms with van der Waals surface area (Å²) >= 11 is 5.74. The number of nitrogens with zero attached hydrogens (tertiary/aromatic N) is 1. The van der Waals surface area contributed by atoms with Gasteiger partial charge in [0.15, 0.2) is 0 Å². The number of ether oxygens (including phenoxy) is 2. The van der Waals surface area contributed by atoms with Crippen molar-refractivity contribution in [3.63, 3.8) is 0 Å². The molecular formula is C14H20ClNO3. The van der Waals surface area contributed by atoms with E-state index in [9.17, 15) is 4.79 Å². The van der Waals surface area contributed by atoms with Crippen LogP contribution in [0.3, 0.4) is 0 Å². The lowest BCUT2D eigenvalue weighted by Crippen LogP contribution is -2.35. The van der Waals surface area contributed by atoms with Gasteiger partial charge in [-0.05, 0) is 5.56 Å². The van der Waals surface area contributed by atoms with Gasteiger partial charge in [0.25, 0.3) is 0 Å². The second-order valence-electron chi connectivity index (χ2n) is 4.04. The number of alkyl halides is 1. The Labute approximate surface area is 119 Å². The monoisotopic (exact) mass is 285 g/mol. The summed E-state index contributed by atoms with van der Waals surface area (Å²) in [4.78, 5) is 13.7. The summed E-state index contributed by atoms with van der Waals surface area (Å²) in [6.07, 6.45) is 0. The van der Waals surface area contributed by atoms with Crippen LogP contribution in [0.2, 0.25) is 0 Å². The number of rotatable bonds is 9. The molecule has 1 aromatic rings. The van der Waals surface area contributed by atoms with Gasteiger partial charge in [-0.2, -0.15) is 0 Å². The van der Waals surface area contributed by atoms with Crippen LogP contribution >= 0.6 is 11.6 Å². The molecule has 0 aliphatic rings. The molecule has 1 aromatic carbocycles. The van der Waals surface area contributed by atoms with Crippen LogP contribution in [0.1, 0.15) is 5.56 Å². The lowest BCUT2D eigenvalue weighted by Gasteiger charge is -2.21. The van der Waals surface area contributed by atoms with Crippen molar-refractivity contribution in [1.29, 1.82) is 0 Å². The highest BCUT2D eigenvalue weighted by atomic mass is 35.5. The molecule has 4 nitrogen and oxygen atoms in total. The van der Waals surface area contributed by atoms with E-state index < -0.39 is 0 Å². The smallest absolute Gasteiger partial charge is 0.248 e. The fourth-order valence-electron chi connectivity index (χ4n) is 1.59. The molecule has 106 valence electrons. The molecule has 0 fully saturated rings. The molecule has 0 aliphatic heterocycles. The van der Waals surface area contributed by atoms with Gasteiger partial charge in [-0.15, -0.1) is 11.6 Å². The van der Waals surface area contributed by atoms with Crippen LogP contribution in [0, 0.1) is 0 Å². The van der Waals surface area contributed by atoms with Gasteiger partial charge in [-0.3, -0.25) is 4.79 Å². The van der Waals surface area contributed by atoms with E-state index in [1.807, 2.05) is 30.3 Å². The number of methoxy groups -OCH3 is 1. The molecule has 0 bridgehead atoms. The Hall–Kier alpha value is -1.10. The third-order valence-corrected chi connectivity index (χ3v) is 2.75. The summed E-state index contributed by atoms with van der Waals surface area (Å²) in [7, 11) is 1.60. The number of halogens is 1. The first-order valence-corrected chi connectivity index (χ1v) is 6.75. The van der Waals surface area contributed by atoms with Crippen LogP contribution < -0.4 is 0 Å². The van der Waals surface area contributed by atoms with Gasteiger partial charge in [-0.1, -0.05) is 30.3 Å². The number of hydrogen-bond acceptors (Lipinski definition) is 3. The summed E-state index contributed by atoms with van der Waals surface area (Å²) in [5, 5.41) is 0. The van der Waals surface area contributed by atoms with E-state index in [1.54, 1.807) is 12.0 Å². The fraction of sp³-hybridized carbons (Fsp3) is 0.500. The van der Waals surface area contributed by atoms with Crippen molar-refractivity contribution in [3.05, 3.63) is 35.9 Å². The fourth-order valence-corrected chi connectivity index (χ4v) is 1.79. The van der Waals surface area contributed by atoms with E-state index in [4.69, 9.17) is 21.1 Å². The first-order chi connectivity index (χ1) is 9.27. The predicted molar refractivity (Wildman–Crippen MR) is 75.3 cm³/mol. The lowest BCUT2D eigenvalue weighted by molar-refractivity contribution is -0.136. The van der Waals surface area contributed by atoms with Crippen molar-refractivity contribution in [3.8, 4) is 0 Å². The highest BCUT2D eigenvalue weighted by Gasteiger charge is 2.13. The second-order valence-corrected chi connectivity index (χ2v) is 4.41. The maximum Gasteiger partial charge on any atom is 0.248 e. The van der Waals surface area contributed by atoms with Gasteiger partial charge in [0.05, 0.1) is 13.2 Å². The maximum absolute atomic E-state index is 12.0. The van der Waals surface area contributed by atoms with Gasteiger partial charge in [0.2, 0.25) is 5.91 Å². The molecule has 0 N–H and O–H groups in total. The lowest BCUT2D eigenvalue weighted by atomic mass is 10.2. The Balaban J connectivity index is 2.44. The molecule has 1 rings (SSSR count). The number of hydrogen-bond donors (Lipinski definition) is 0. The molecule has 0 radical (unpaired) electrons. The Morgan fingerprint density at radius 1 is 1.26 bits per heavy atom. The Kier molecular flexibility index (Phi) is 8.21. The van der Waals surface area contributed by atoms with Crippen LogP contribution in [-0.4, -0.2) is 50.2 Å². The van der Waals surface area contributed by atoms with Crippen LogP contribution in [0.25, 0.3) is 0 Å². The van der Waals surface area contributed by atoms with E-state index >= 15 is 0 Å². The van der Waals surface area contributed by atoms with E-state index in [-0.39, 0.29) is 12.5 Å². The van der Waals surface area contributed by atoms with Gasteiger partial charge in [-0.25, -0.2) is 0 Å². The van der Waals surface area contributed by atoms with Crippen molar-refractivity contribution >= 4 is 17.5 Å². The normalized spacial score (nSPS) is 10.4. The third-order valence-electron chi connectivity index (χ3n) is 2.58. The molecule has 0 unspecified atom stereocenters. The van der Waals surface area contributed by atoms with Crippen molar-refractivity contribution in [2.24, 2.45) is 0 Å². The third kappa shape index (κ3) is 6.57. The van der Waals surface area contributed by atoms with E-state index in [2.05, 4.69) is 0 Å². The Bertz CT molecular complexity index is 359. The van der Waals surface area contributed by atoms with Gasteiger partial charge in [0, 0.05) is 26.1 Å². The van der Waals surface area contributed by atoms with Gasteiger partial charge in [0.1, 0.15) is 6.61 Å². The average molecular weight is 286 g/mol. The molecule has 0 saturated heterocycles. The summed E-state index contributed by atoms with van der Waals surface area (Å²) in [6.45, 7) is 2.04. The number of carbonyl (C=O) groups is 1. The zero-order valence-electron chi connectivity index (χ0n) is 11.2. The molecule has 19 heavy (non-hydrogen) atoms. The first-order valence-electron chi connectivity index (χ1n) is 6.22. The molecule has 0 aromatic heterocycles. The SMILES string of the molecule is COCCOCC(=O)N(CCCl)Cc1ccccc1. The molecule has 0 heterocycles. The van der Waals surface area contributed by atoms with E-state index in [1.165, 1.54) is 0 Å². The average Bonchev–Trinajstić information content (AvgIpc) is 2.44.